The fourth-order valence-corrected chi connectivity index (χ4v) is 2.90. The van der Waals surface area contributed by atoms with Crippen molar-refractivity contribution in [1.29, 1.82) is 0 Å². The van der Waals surface area contributed by atoms with Gasteiger partial charge >= 0.3 is 0 Å². The molecule has 1 aromatic carbocycles. The molecule has 0 saturated carbocycles. The molecule has 0 bridgehead atoms. The third-order valence-electron chi connectivity index (χ3n) is 4.00. The quantitative estimate of drug-likeness (QED) is 0.910. The van der Waals surface area contributed by atoms with E-state index >= 15 is 0 Å². The van der Waals surface area contributed by atoms with E-state index in [9.17, 15) is 4.39 Å². The van der Waals surface area contributed by atoms with Crippen LogP contribution in [-0.4, -0.2) is 37.1 Å². The van der Waals surface area contributed by atoms with Crippen LogP contribution in [-0.2, 0) is 0 Å². The number of para-hydroxylation sites is 1. The number of anilines is 1. The average Bonchev–Trinajstić information content (AvgIpc) is 2.38. The second-order valence-electron chi connectivity index (χ2n) is 5.39. The van der Waals surface area contributed by atoms with Crippen molar-refractivity contribution in [1.82, 2.24) is 4.90 Å². The van der Waals surface area contributed by atoms with Crippen LogP contribution in [0.2, 0.25) is 0 Å². The van der Waals surface area contributed by atoms with Gasteiger partial charge in [-0.25, -0.2) is 4.39 Å². The molecule has 2 atom stereocenters. The highest BCUT2D eigenvalue weighted by atomic mass is 19.1. The van der Waals surface area contributed by atoms with Crippen molar-refractivity contribution in [2.75, 3.05) is 31.1 Å². The van der Waals surface area contributed by atoms with E-state index in [0.717, 1.165) is 31.7 Å². The fraction of sp³-hybridized carbons (Fsp3) is 0.600. The van der Waals surface area contributed by atoms with Gasteiger partial charge in [0.05, 0.1) is 5.69 Å². The number of hydrogen-bond acceptors (Lipinski definition) is 3. The SMILES string of the molecule is CCN1CCN(c2c(F)cccc2[C@@H](C)N)CC1C. The van der Waals surface area contributed by atoms with Crippen LogP contribution in [0.5, 0.6) is 0 Å². The van der Waals surface area contributed by atoms with E-state index in [4.69, 9.17) is 5.73 Å². The Bertz CT molecular complexity index is 433. The van der Waals surface area contributed by atoms with E-state index in [1.54, 1.807) is 6.07 Å². The molecule has 1 fully saturated rings. The van der Waals surface area contributed by atoms with E-state index < -0.39 is 0 Å². The van der Waals surface area contributed by atoms with Crippen molar-refractivity contribution < 1.29 is 4.39 Å². The molecule has 1 unspecified atom stereocenters. The minimum Gasteiger partial charge on any atom is -0.366 e. The fourth-order valence-electron chi connectivity index (χ4n) is 2.90. The van der Waals surface area contributed by atoms with Gasteiger partial charge in [0.2, 0.25) is 0 Å². The number of hydrogen-bond donors (Lipinski definition) is 1. The first-order chi connectivity index (χ1) is 9.04. The predicted octanol–water partition coefficient (Wildman–Crippen LogP) is 2.38. The third kappa shape index (κ3) is 2.90. The minimum absolute atomic E-state index is 0.148. The second-order valence-corrected chi connectivity index (χ2v) is 5.39. The Hall–Kier alpha value is -1.13. The zero-order valence-electron chi connectivity index (χ0n) is 12.1. The highest BCUT2D eigenvalue weighted by molar-refractivity contribution is 5.56. The molecule has 0 aliphatic carbocycles. The maximum absolute atomic E-state index is 14.2. The molecule has 0 spiro atoms. The van der Waals surface area contributed by atoms with Gasteiger partial charge in [0.25, 0.3) is 0 Å². The first kappa shape index (κ1) is 14.3. The summed E-state index contributed by atoms with van der Waals surface area (Å²) in [6.07, 6.45) is 0. The number of nitrogens with zero attached hydrogens (tertiary/aromatic N) is 2. The summed E-state index contributed by atoms with van der Waals surface area (Å²) in [4.78, 5) is 4.56. The molecule has 1 aliphatic rings. The van der Waals surface area contributed by atoms with Gasteiger partial charge in [-0.15, -0.1) is 0 Å². The lowest BCUT2D eigenvalue weighted by molar-refractivity contribution is 0.199. The first-order valence-electron chi connectivity index (χ1n) is 7.07. The summed E-state index contributed by atoms with van der Waals surface area (Å²) in [6, 6.07) is 5.49. The molecular weight excluding hydrogens is 241 g/mol. The molecule has 1 saturated heterocycles. The third-order valence-corrected chi connectivity index (χ3v) is 4.00. The smallest absolute Gasteiger partial charge is 0.146 e. The van der Waals surface area contributed by atoms with E-state index in [-0.39, 0.29) is 11.9 Å². The molecule has 1 aliphatic heterocycles. The lowest BCUT2D eigenvalue weighted by atomic mass is 10.0. The lowest BCUT2D eigenvalue weighted by Crippen LogP contribution is -2.52. The maximum atomic E-state index is 14.2. The molecule has 0 radical (unpaired) electrons. The van der Waals surface area contributed by atoms with Crippen LogP contribution in [0.4, 0.5) is 10.1 Å². The Morgan fingerprint density at radius 3 is 2.74 bits per heavy atom. The number of benzene rings is 1. The number of rotatable bonds is 3. The van der Waals surface area contributed by atoms with Crippen LogP contribution >= 0.6 is 0 Å². The Morgan fingerprint density at radius 2 is 2.16 bits per heavy atom. The summed E-state index contributed by atoms with van der Waals surface area (Å²) in [5, 5.41) is 0. The van der Waals surface area contributed by atoms with Gasteiger partial charge in [-0.1, -0.05) is 19.1 Å². The highest BCUT2D eigenvalue weighted by Crippen LogP contribution is 2.30. The standard InChI is InChI=1S/C15H24FN3/c1-4-18-8-9-19(10-11(18)2)15-13(12(3)17)6-5-7-14(15)16/h5-7,11-12H,4,8-10,17H2,1-3H3/t11?,12-/m1/s1. The van der Waals surface area contributed by atoms with E-state index in [1.165, 1.54) is 6.07 Å². The lowest BCUT2D eigenvalue weighted by Gasteiger charge is -2.41. The molecule has 0 amide bonds. The number of piperazine rings is 1. The van der Waals surface area contributed by atoms with Crippen LogP contribution < -0.4 is 10.6 Å². The van der Waals surface area contributed by atoms with Crippen LogP contribution in [0.1, 0.15) is 32.4 Å². The second kappa shape index (κ2) is 5.88. The van der Waals surface area contributed by atoms with E-state index in [0.29, 0.717) is 11.7 Å². The van der Waals surface area contributed by atoms with Crippen LogP contribution in [0, 0.1) is 5.82 Å². The number of likely N-dealkylation sites (N-methyl/N-ethyl adjacent to an activating group) is 1. The van der Waals surface area contributed by atoms with Crippen molar-refractivity contribution in [3.05, 3.63) is 29.6 Å². The molecule has 4 heteroatoms. The summed E-state index contributed by atoms with van der Waals surface area (Å²) in [6.45, 7) is 10.0. The van der Waals surface area contributed by atoms with Crippen molar-refractivity contribution in [3.63, 3.8) is 0 Å². The van der Waals surface area contributed by atoms with Gasteiger partial charge < -0.3 is 10.6 Å². The molecule has 2 N–H and O–H groups in total. The van der Waals surface area contributed by atoms with Crippen LogP contribution in [0.25, 0.3) is 0 Å². The van der Waals surface area contributed by atoms with Gasteiger partial charge in [-0.2, -0.15) is 0 Å². The Labute approximate surface area is 115 Å². The minimum atomic E-state index is -0.160. The summed E-state index contributed by atoms with van der Waals surface area (Å²) in [5.74, 6) is -0.160. The Balaban J connectivity index is 2.28. The first-order valence-corrected chi connectivity index (χ1v) is 7.07. The van der Waals surface area contributed by atoms with Crippen molar-refractivity contribution in [2.45, 2.75) is 32.9 Å². The monoisotopic (exact) mass is 265 g/mol. The topological polar surface area (TPSA) is 32.5 Å². The van der Waals surface area contributed by atoms with E-state index in [1.807, 2.05) is 13.0 Å². The molecule has 0 aromatic heterocycles. The van der Waals surface area contributed by atoms with Crippen LogP contribution in [0.15, 0.2) is 18.2 Å². The molecule has 1 aromatic rings. The molecule has 2 rings (SSSR count). The van der Waals surface area contributed by atoms with Crippen molar-refractivity contribution in [3.8, 4) is 0 Å². The number of nitrogens with two attached hydrogens (primary N) is 1. The zero-order chi connectivity index (χ0) is 14.0. The zero-order valence-corrected chi connectivity index (χ0v) is 12.1. The largest absolute Gasteiger partial charge is 0.366 e. The van der Waals surface area contributed by atoms with Crippen molar-refractivity contribution in [2.24, 2.45) is 5.73 Å². The van der Waals surface area contributed by atoms with E-state index in [2.05, 4.69) is 23.6 Å². The summed E-state index contributed by atoms with van der Waals surface area (Å²) in [7, 11) is 0. The highest BCUT2D eigenvalue weighted by Gasteiger charge is 2.26. The van der Waals surface area contributed by atoms with Gasteiger partial charge in [0.15, 0.2) is 0 Å². The molecule has 106 valence electrons. The van der Waals surface area contributed by atoms with Gasteiger partial charge in [0, 0.05) is 31.7 Å². The predicted molar refractivity (Wildman–Crippen MR) is 77.9 cm³/mol. The number of halogens is 1. The molecular formula is C15H24FN3. The average molecular weight is 265 g/mol. The van der Waals surface area contributed by atoms with Gasteiger partial charge in [-0.05, 0) is 32.0 Å². The van der Waals surface area contributed by atoms with Crippen LogP contribution in [0.3, 0.4) is 0 Å². The molecule has 1 heterocycles. The Morgan fingerprint density at radius 1 is 1.42 bits per heavy atom. The maximum Gasteiger partial charge on any atom is 0.146 e. The summed E-state index contributed by atoms with van der Waals surface area (Å²) < 4.78 is 14.2. The van der Waals surface area contributed by atoms with Gasteiger partial charge in [-0.3, -0.25) is 4.90 Å². The normalized spacial score (nSPS) is 22.6. The van der Waals surface area contributed by atoms with Gasteiger partial charge in [0.1, 0.15) is 5.82 Å². The molecule has 3 nitrogen and oxygen atoms in total. The summed E-state index contributed by atoms with van der Waals surface area (Å²) in [5.41, 5.74) is 7.57. The van der Waals surface area contributed by atoms with Crippen molar-refractivity contribution >= 4 is 5.69 Å². The molecule has 19 heavy (non-hydrogen) atoms. The Kier molecular flexibility index (Phi) is 4.42. The summed E-state index contributed by atoms with van der Waals surface area (Å²) >= 11 is 0.